The lowest BCUT2D eigenvalue weighted by Gasteiger charge is -2.22. The lowest BCUT2D eigenvalue weighted by molar-refractivity contribution is -0.113. The number of hydrogen-bond donors (Lipinski definition) is 1. The second-order valence-electron chi connectivity index (χ2n) is 7.29. The number of ether oxygens (including phenoxy) is 2. The van der Waals surface area contributed by atoms with Crippen molar-refractivity contribution in [1.29, 1.82) is 0 Å². The first-order chi connectivity index (χ1) is 16.2. The SMILES string of the molecule is CCn1c(CN(c2ccc(F)cc2)S(C)(=O)=O)nnc1SCC(=O)Nc1ccc2c(c1)OCO2. The Balaban J connectivity index is 1.44. The van der Waals surface area contributed by atoms with E-state index in [9.17, 15) is 17.6 Å². The molecule has 1 N–H and O–H groups in total. The highest BCUT2D eigenvalue weighted by molar-refractivity contribution is 7.99. The van der Waals surface area contributed by atoms with Crippen molar-refractivity contribution in [2.45, 2.75) is 25.2 Å². The number of thioether (sulfide) groups is 1. The Morgan fingerprint density at radius 1 is 1.18 bits per heavy atom. The lowest BCUT2D eigenvalue weighted by Crippen LogP contribution is -2.30. The number of rotatable bonds is 9. The van der Waals surface area contributed by atoms with Crippen LogP contribution in [0.4, 0.5) is 15.8 Å². The maximum atomic E-state index is 13.3. The molecular formula is C21H22FN5O5S2. The van der Waals surface area contributed by atoms with Crippen LogP contribution in [0.25, 0.3) is 0 Å². The highest BCUT2D eigenvalue weighted by Crippen LogP contribution is 2.34. The summed E-state index contributed by atoms with van der Waals surface area (Å²) < 4.78 is 51.5. The Morgan fingerprint density at radius 3 is 2.62 bits per heavy atom. The summed E-state index contributed by atoms with van der Waals surface area (Å²) in [5, 5.41) is 11.5. The molecule has 1 aliphatic heterocycles. The van der Waals surface area contributed by atoms with Crippen molar-refractivity contribution in [3.8, 4) is 11.5 Å². The zero-order valence-electron chi connectivity index (χ0n) is 18.4. The quantitative estimate of drug-likeness (QED) is 0.440. The van der Waals surface area contributed by atoms with Crippen LogP contribution in [-0.4, -0.2) is 47.9 Å². The van der Waals surface area contributed by atoms with Crippen LogP contribution < -0.4 is 19.1 Å². The largest absolute Gasteiger partial charge is 0.454 e. The van der Waals surface area contributed by atoms with Crippen molar-refractivity contribution in [3.63, 3.8) is 0 Å². The molecule has 0 bridgehead atoms. The minimum Gasteiger partial charge on any atom is -0.454 e. The van der Waals surface area contributed by atoms with Crippen molar-refractivity contribution in [2.24, 2.45) is 0 Å². The van der Waals surface area contributed by atoms with E-state index in [-0.39, 0.29) is 25.0 Å². The van der Waals surface area contributed by atoms with Crippen LogP contribution in [0.3, 0.4) is 0 Å². The number of amides is 1. The number of nitrogens with one attached hydrogen (secondary N) is 1. The van der Waals surface area contributed by atoms with Gasteiger partial charge in [0.05, 0.1) is 24.2 Å². The molecule has 3 aromatic rings. The number of carbonyl (C=O) groups is 1. The predicted octanol–water partition coefficient (Wildman–Crippen LogP) is 2.86. The third-order valence-corrected chi connectivity index (χ3v) is 7.01. The molecule has 34 heavy (non-hydrogen) atoms. The second-order valence-corrected chi connectivity index (χ2v) is 10.1. The molecule has 1 aromatic heterocycles. The Kier molecular flexibility index (Phi) is 6.93. The van der Waals surface area contributed by atoms with E-state index in [4.69, 9.17) is 9.47 Å². The summed E-state index contributed by atoms with van der Waals surface area (Å²) in [5.74, 6) is 0.945. The molecule has 0 saturated carbocycles. The van der Waals surface area contributed by atoms with Crippen LogP contribution in [0, 0.1) is 5.82 Å². The van der Waals surface area contributed by atoms with E-state index >= 15 is 0 Å². The maximum Gasteiger partial charge on any atom is 0.234 e. The molecule has 0 spiro atoms. The van der Waals surface area contributed by atoms with Crippen molar-refractivity contribution in [1.82, 2.24) is 14.8 Å². The average molecular weight is 508 g/mol. The molecule has 0 aliphatic carbocycles. The molecule has 2 heterocycles. The Hall–Kier alpha value is -3.32. The summed E-state index contributed by atoms with van der Waals surface area (Å²) in [7, 11) is -3.67. The van der Waals surface area contributed by atoms with Crippen LogP contribution in [0.5, 0.6) is 11.5 Å². The van der Waals surface area contributed by atoms with Gasteiger partial charge < -0.3 is 19.4 Å². The van der Waals surface area contributed by atoms with Gasteiger partial charge in [-0.2, -0.15) is 0 Å². The first kappa shape index (κ1) is 23.8. The van der Waals surface area contributed by atoms with Gasteiger partial charge in [0.2, 0.25) is 22.7 Å². The van der Waals surface area contributed by atoms with Gasteiger partial charge in [0, 0.05) is 18.3 Å². The van der Waals surface area contributed by atoms with E-state index in [2.05, 4.69) is 15.5 Å². The van der Waals surface area contributed by atoms with Gasteiger partial charge in [-0.15, -0.1) is 10.2 Å². The molecule has 0 saturated heterocycles. The molecule has 180 valence electrons. The van der Waals surface area contributed by atoms with Gasteiger partial charge in [-0.25, -0.2) is 12.8 Å². The monoisotopic (exact) mass is 507 g/mol. The normalized spacial score (nSPS) is 12.6. The van der Waals surface area contributed by atoms with E-state index in [1.54, 1.807) is 22.8 Å². The summed E-state index contributed by atoms with van der Waals surface area (Å²) in [4.78, 5) is 12.4. The zero-order valence-corrected chi connectivity index (χ0v) is 20.0. The van der Waals surface area contributed by atoms with Crippen LogP contribution >= 0.6 is 11.8 Å². The Labute approximate surface area is 200 Å². The standard InChI is InChI=1S/C21H22FN5O5S2/c1-3-26-19(11-27(34(2,29)30)16-7-4-14(22)5-8-16)24-25-21(26)33-12-20(28)23-15-6-9-17-18(10-15)32-13-31-17/h4-10H,3,11-13H2,1-2H3,(H,23,28). The van der Waals surface area contributed by atoms with E-state index in [1.165, 1.54) is 36.0 Å². The summed E-state index contributed by atoms with van der Waals surface area (Å²) in [6.07, 6.45) is 1.07. The second kappa shape index (κ2) is 9.89. The average Bonchev–Trinajstić information content (AvgIpc) is 3.42. The van der Waals surface area contributed by atoms with Gasteiger partial charge in [0.15, 0.2) is 22.5 Å². The summed E-state index contributed by atoms with van der Waals surface area (Å²) >= 11 is 1.18. The molecule has 1 aliphatic rings. The van der Waals surface area contributed by atoms with E-state index < -0.39 is 15.8 Å². The minimum atomic E-state index is -3.67. The maximum absolute atomic E-state index is 13.3. The van der Waals surface area contributed by atoms with E-state index in [0.29, 0.717) is 40.4 Å². The van der Waals surface area contributed by atoms with Crippen molar-refractivity contribution >= 4 is 39.1 Å². The molecular weight excluding hydrogens is 485 g/mol. The third-order valence-electron chi connectivity index (χ3n) is 4.90. The third kappa shape index (κ3) is 5.42. The number of sulfonamides is 1. The topological polar surface area (TPSA) is 116 Å². The van der Waals surface area contributed by atoms with Crippen LogP contribution in [0.1, 0.15) is 12.7 Å². The molecule has 0 radical (unpaired) electrons. The first-order valence-corrected chi connectivity index (χ1v) is 13.1. The van der Waals surface area contributed by atoms with Crippen molar-refractivity contribution in [3.05, 3.63) is 54.1 Å². The van der Waals surface area contributed by atoms with E-state index in [0.717, 1.165) is 10.6 Å². The zero-order chi connectivity index (χ0) is 24.3. The van der Waals surface area contributed by atoms with Gasteiger partial charge in [0.1, 0.15) is 5.82 Å². The summed E-state index contributed by atoms with van der Waals surface area (Å²) in [5.41, 5.74) is 0.891. The van der Waals surface area contributed by atoms with Gasteiger partial charge in [0.25, 0.3) is 0 Å². The van der Waals surface area contributed by atoms with Gasteiger partial charge in [-0.3, -0.25) is 9.10 Å². The Bertz CT molecular complexity index is 1300. The molecule has 13 heteroatoms. The number of hydrogen-bond acceptors (Lipinski definition) is 8. The molecule has 0 unspecified atom stereocenters. The summed E-state index contributed by atoms with van der Waals surface area (Å²) in [6.45, 7) is 2.40. The fourth-order valence-corrected chi connectivity index (χ4v) is 4.97. The lowest BCUT2D eigenvalue weighted by atomic mass is 10.3. The number of nitrogens with zero attached hydrogens (tertiary/aromatic N) is 4. The number of fused-ring (bicyclic) bond motifs is 1. The summed E-state index contributed by atoms with van der Waals surface area (Å²) in [6, 6.07) is 10.3. The number of halogens is 1. The predicted molar refractivity (Wildman–Crippen MR) is 125 cm³/mol. The number of anilines is 2. The van der Waals surface area contributed by atoms with Crippen molar-refractivity contribution in [2.75, 3.05) is 28.4 Å². The fraction of sp³-hybridized carbons (Fsp3) is 0.286. The van der Waals surface area contributed by atoms with Crippen LogP contribution in [-0.2, 0) is 27.9 Å². The number of aromatic nitrogens is 3. The van der Waals surface area contributed by atoms with Crippen molar-refractivity contribution < 1.29 is 27.1 Å². The molecule has 2 aromatic carbocycles. The molecule has 4 rings (SSSR count). The number of carbonyl (C=O) groups excluding carboxylic acids is 1. The molecule has 10 nitrogen and oxygen atoms in total. The van der Waals surface area contributed by atoms with Gasteiger partial charge in [-0.1, -0.05) is 11.8 Å². The number of benzene rings is 2. The van der Waals surface area contributed by atoms with Gasteiger partial charge in [-0.05, 0) is 43.3 Å². The van der Waals surface area contributed by atoms with Crippen LogP contribution in [0.15, 0.2) is 47.6 Å². The molecule has 1 amide bonds. The van der Waals surface area contributed by atoms with Gasteiger partial charge >= 0.3 is 0 Å². The molecule has 0 fully saturated rings. The smallest absolute Gasteiger partial charge is 0.234 e. The fourth-order valence-electron chi connectivity index (χ4n) is 3.30. The van der Waals surface area contributed by atoms with E-state index in [1.807, 2.05) is 6.92 Å². The highest BCUT2D eigenvalue weighted by Gasteiger charge is 2.23. The highest BCUT2D eigenvalue weighted by atomic mass is 32.2. The first-order valence-electron chi connectivity index (χ1n) is 10.2. The minimum absolute atomic E-state index is 0.0698. The molecule has 0 atom stereocenters. The Morgan fingerprint density at radius 2 is 1.91 bits per heavy atom. The van der Waals surface area contributed by atoms with Crippen LogP contribution in [0.2, 0.25) is 0 Å².